The predicted molar refractivity (Wildman–Crippen MR) is 148 cm³/mol. The smallest absolute Gasteiger partial charge is 0.224 e. The standard InChI is InChI=1S/C29H38N4O6/c1-6-38-23-13-19-15-33(28(31)20(19)10-18(23)14-26(36)32-5)16-22(34)17-11-21(29(2,3)4)27(37)24(12-17)39-9-7-8-25(30)35/h10-13,31,37H,6-9,14-16H2,1-5H3,(H2,30,35)(H,32,36). The number of phenolic OH excluding ortho intramolecular Hbond substituents is 1. The minimum Gasteiger partial charge on any atom is -0.504 e. The first-order valence-corrected chi connectivity index (χ1v) is 13.0. The highest BCUT2D eigenvalue weighted by atomic mass is 16.5. The highest BCUT2D eigenvalue weighted by molar-refractivity contribution is 6.06. The Morgan fingerprint density at radius 2 is 1.85 bits per heavy atom. The number of rotatable bonds is 12. The number of nitrogens with zero attached hydrogens (tertiary/aromatic N) is 1. The number of primary amides is 1. The maximum atomic E-state index is 13.5. The van der Waals surface area contributed by atoms with Crippen molar-refractivity contribution in [2.75, 3.05) is 26.8 Å². The molecule has 0 unspecified atom stereocenters. The zero-order valence-electron chi connectivity index (χ0n) is 23.3. The van der Waals surface area contributed by atoms with Crippen molar-refractivity contribution in [3.8, 4) is 17.2 Å². The number of ketones is 1. The van der Waals surface area contributed by atoms with E-state index in [1.807, 2.05) is 33.8 Å². The average Bonchev–Trinajstić information content (AvgIpc) is 3.15. The van der Waals surface area contributed by atoms with Crippen LogP contribution in [0.5, 0.6) is 17.2 Å². The van der Waals surface area contributed by atoms with E-state index in [2.05, 4.69) is 5.32 Å². The Morgan fingerprint density at radius 1 is 1.13 bits per heavy atom. The summed E-state index contributed by atoms with van der Waals surface area (Å²) in [4.78, 5) is 38.2. The van der Waals surface area contributed by atoms with E-state index in [0.717, 1.165) is 5.56 Å². The summed E-state index contributed by atoms with van der Waals surface area (Å²) in [6.07, 6.45) is 0.655. The number of nitrogens with one attached hydrogen (secondary N) is 2. The van der Waals surface area contributed by atoms with Crippen LogP contribution < -0.4 is 20.5 Å². The summed E-state index contributed by atoms with van der Waals surface area (Å²) < 4.78 is 11.5. The Bertz CT molecular complexity index is 1280. The number of hydrogen-bond donors (Lipinski definition) is 4. The van der Waals surface area contributed by atoms with Gasteiger partial charge in [0.05, 0.1) is 26.2 Å². The number of amides is 2. The molecule has 2 aromatic rings. The first-order chi connectivity index (χ1) is 18.3. The summed E-state index contributed by atoms with van der Waals surface area (Å²) in [6.45, 7) is 8.51. The third kappa shape index (κ3) is 7.07. The van der Waals surface area contributed by atoms with Gasteiger partial charge in [0.15, 0.2) is 17.3 Å². The van der Waals surface area contributed by atoms with Gasteiger partial charge in [0, 0.05) is 42.3 Å². The molecule has 0 bridgehead atoms. The van der Waals surface area contributed by atoms with Crippen molar-refractivity contribution in [3.05, 3.63) is 52.1 Å². The van der Waals surface area contributed by atoms with Gasteiger partial charge in [0.2, 0.25) is 11.8 Å². The zero-order valence-corrected chi connectivity index (χ0v) is 23.3. The maximum absolute atomic E-state index is 13.5. The van der Waals surface area contributed by atoms with Crippen molar-refractivity contribution in [2.24, 2.45) is 5.73 Å². The number of carbonyl (C=O) groups excluding carboxylic acids is 3. The molecule has 1 heterocycles. The summed E-state index contributed by atoms with van der Waals surface area (Å²) in [7, 11) is 1.57. The molecule has 39 heavy (non-hydrogen) atoms. The van der Waals surface area contributed by atoms with Gasteiger partial charge in [-0.2, -0.15) is 0 Å². The second kappa shape index (κ2) is 12.2. The van der Waals surface area contributed by atoms with Gasteiger partial charge in [-0.15, -0.1) is 0 Å². The number of aromatic hydroxyl groups is 1. The fourth-order valence-electron chi connectivity index (χ4n) is 4.44. The second-order valence-electron chi connectivity index (χ2n) is 10.6. The van der Waals surface area contributed by atoms with Gasteiger partial charge in [-0.1, -0.05) is 20.8 Å². The number of phenols is 1. The molecule has 0 spiro atoms. The van der Waals surface area contributed by atoms with E-state index >= 15 is 0 Å². The van der Waals surface area contributed by atoms with Gasteiger partial charge in [-0.25, -0.2) is 0 Å². The number of benzene rings is 2. The van der Waals surface area contributed by atoms with Crippen molar-refractivity contribution in [1.29, 1.82) is 5.41 Å². The number of fused-ring (bicyclic) bond motifs is 1. The molecule has 0 fully saturated rings. The van der Waals surface area contributed by atoms with E-state index in [1.165, 1.54) is 6.07 Å². The van der Waals surface area contributed by atoms with Gasteiger partial charge >= 0.3 is 0 Å². The minimum atomic E-state index is -0.473. The van der Waals surface area contributed by atoms with E-state index in [4.69, 9.17) is 20.6 Å². The number of nitrogens with two attached hydrogens (primary N) is 1. The molecular weight excluding hydrogens is 500 g/mol. The maximum Gasteiger partial charge on any atom is 0.224 e. The topological polar surface area (TPSA) is 155 Å². The number of amidine groups is 1. The van der Waals surface area contributed by atoms with Gasteiger partial charge in [-0.05, 0) is 48.6 Å². The van der Waals surface area contributed by atoms with Gasteiger partial charge < -0.3 is 30.5 Å². The lowest BCUT2D eigenvalue weighted by Gasteiger charge is -2.24. The summed E-state index contributed by atoms with van der Waals surface area (Å²) in [5.74, 6) is 0.0504. The normalized spacial score (nSPS) is 12.7. The second-order valence-corrected chi connectivity index (χ2v) is 10.6. The number of Topliss-reactive ketones (excluding diaryl/α,β-unsaturated/α-hetero) is 1. The van der Waals surface area contributed by atoms with Crippen LogP contribution in [-0.2, 0) is 28.0 Å². The lowest BCUT2D eigenvalue weighted by molar-refractivity contribution is -0.120. The fourth-order valence-corrected chi connectivity index (χ4v) is 4.44. The Hall–Kier alpha value is -4.08. The van der Waals surface area contributed by atoms with Crippen molar-refractivity contribution < 1.29 is 29.0 Å². The molecule has 0 aromatic heterocycles. The molecular formula is C29H38N4O6. The molecule has 0 saturated carbocycles. The first-order valence-electron chi connectivity index (χ1n) is 13.0. The molecule has 0 radical (unpaired) electrons. The molecule has 5 N–H and O–H groups in total. The van der Waals surface area contributed by atoms with E-state index in [1.54, 1.807) is 24.1 Å². The van der Waals surface area contributed by atoms with E-state index < -0.39 is 11.3 Å². The number of ether oxygens (including phenoxy) is 2. The minimum absolute atomic E-state index is 0.0495. The van der Waals surface area contributed by atoms with Crippen LogP contribution in [0, 0.1) is 5.41 Å². The van der Waals surface area contributed by atoms with Crippen LogP contribution in [-0.4, -0.2) is 60.2 Å². The van der Waals surface area contributed by atoms with Gasteiger partial charge in [0.1, 0.15) is 11.6 Å². The lowest BCUT2D eigenvalue weighted by atomic mass is 9.84. The van der Waals surface area contributed by atoms with Gasteiger partial charge in [0.25, 0.3) is 0 Å². The Labute approximate surface area is 229 Å². The molecule has 1 aliphatic rings. The predicted octanol–water partition coefficient (Wildman–Crippen LogP) is 3.05. The van der Waals surface area contributed by atoms with E-state index in [9.17, 15) is 19.5 Å². The summed E-state index contributed by atoms with van der Waals surface area (Å²) in [6, 6.07) is 6.79. The highest BCUT2D eigenvalue weighted by Gasteiger charge is 2.30. The van der Waals surface area contributed by atoms with Crippen LogP contribution >= 0.6 is 0 Å². The largest absolute Gasteiger partial charge is 0.504 e. The van der Waals surface area contributed by atoms with Gasteiger partial charge in [-0.3, -0.25) is 19.8 Å². The monoisotopic (exact) mass is 538 g/mol. The number of likely N-dealkylation sites (N-methyl/N-ethyl adjacent to an activating group) is 1. The Balaban J connectivity index is 1.85. The molecule has 0 saturated heterocycles. The zero-order chi connectivity index (χ0) is 28.9. The van der Waals surface area contributed by atoms with Crippen LogP contribution in [0.2, 0.25) is 0 Å². The molecule has 2 aromatic carbocycles. The van der Waals surface area contributed by atoms with Crippen LogP contribution in [0.25, 0.3) is 0 Å². The van der Waals surface area contributed by atoms with Crippen molar-refractivity contribution in [1.82, 2.24) is 10.2 Å². The average molecular weight is 539 g/mol. The first kappa shape index (κ1) is 29.5. The number of carbonyl (C=O) groups is 3. The summed E-state index contributed by atoms with van der Waals surface area (Å²) >= 11 is 0. The lowest BCUT2D eigenvalue weighted by Crippen LogP contribution is -2.30. The summed E-state index contributed by atoms with van der Waals surface area (Å²) in [5, 5.41) is 22.2. The highest BCUT2D eigenvalue weighted by Crippen LogP contribution is 2.39. The molecule has 210 valence electrons. The molecule has 0 aliphatic carbocycles. The van der Waals surface area contributed by atoms with Crippen molar-refractivity contribution in [2.45, 2.75) is 58.9 Å². The number of hydrogen-bond acceptors (Lipinski definition) is 7. The molecule has 10 nitrogen and oxygen atoms in total. The van der Waals surface area contributed by atoms with Crippen molar-refractivity contribution >= 4 is 23.4 Å². The van der Waals surface area contributed by atoms with Crippen LogP contribution in [0.3, 0.4) is 0 Å². The van der Waals surface area contributed by atoms with Crippen LogP contribution in [0.1, 0.15) is 73.1 Å². The van der Waals surface area contributed by atoms with Crippen molar-refractivity contribution in [3.63, 3.8) is 0 Å². The Kier molecular flexibility index (Phi) is 9.21. The molecule has 0 atom stereocenters. The van der Waals surface area contributed by atoms with E-state index in [-0.39, 0.29) is 55.0 Å². The molecule has 2 amide bonds. The molecule has 3 rings (SSSR count). The third-order valence-electron chi connectivity index (χ3n) is 6.51. The fraction of sp³-hybridized carbons (Fsp3) is 0.448. The summed E-state index contributed by atoms with van der Waals surface area (Å²) in [5.41, 5.74) is 7.80. The van der Waals surface area contributed by atoms with Crippen LogP contribution in [0.15, 0.2) is 24.3 Å². The molecule has 1 aliphatic heterocycles. The quantitative estimate of drug-likeness (QED) is 0.239. The SMILES string of the molecule is CCOc1cc2c(cc1CC(=O)NC)C(=N)N(CC(=O)c1cc(OCCCC(N)=O)c(O)c(C(C)(C)C)c1)C2. The van der Waals surface area contributed by atoms with Crippen LogP contribution in [0.4, 0.5) is 0 Å². The molecule has 10 heteroatoms. The Morgan fingerprint density at radius 3 is 2.46 bits per heavy atom. The van der Waals surface area contributed by atoms with E-state index in [0.29, 0.717) is 47.6 Å². The third-order valence-corrected chi connectivity index (χ3v) is 6.51.